The zero-order valence-electron chi connectivity index (χ0n) is 10.4. The predicted octanol–water partition coefficient (Wildman–Crippen LogP) is 2.11. The summed E-state index contributed by atoms with van der Waals surface area (Å²) in [6.07, 6.45) is 4.96. The van der Waals surface area contributed by atoms with E-state index in [2.05, 4.69) is 15.3 Å². The average molecular weight is 245 g/mol. The molecule has 18 heavy (non-hydrogen) atoms. The van der Waals surface area contributed by atoms with Gasteiger partial charge in [-0.05, 0) is 17.7 Å². The van der Waals surface area contributed by atoms with E-state index < -0.39 is 0 Å². The van der Waals surface area contributed by atoms with Crippen LogP contribution < -0.4 is 14.8 Å². The van der Waals surface area contributed by atoms with Gasteiger partial charge in [-0.2, -0.15) is 0 Å². The molecule has 0 unspecified atom stereocenters. The van der Waals surface area contributed by atoms with E-state index in [4.69, 9.17) is 9.47 Å². The number of methoxy groups -OCH3 is 2. The van der Waals surface area contributed by atoms with Crippen molar-refractivity contribution in [2.45, 2.75) is 6.54 Å². The molecule has 1 heterocycles. The molecule has 5 heteroatoms. The maximum atomic E-state index is 5.25. The van der Waals surface area contributed by atoms with Crippen molar-refractivity contribution in [1.82, 2.24) is 9.97 Å². The summed E-state index contributed by atoms with van der Waals surface area (Å²) < 4.78 is 10.4. The van der Waals surface area contributed by atoms with Crippen LogP contribution in [0.4, 0.5) is 5.69 Å². The summed E-state index contributed by atoms with van der Waals surface area (Å²) in [5.74, 6) is 1.45. The van der Waals surface area contributed by atoms with Crippen molar-refractivity contribution in [3.63, 3.8) is 0 Å². The van der Waals surface area contributed by atoms with Crippen LogP contribution in [0.5, 0.6) is 11.5 Å². The minimum atomic E-state index is 0.674. The Kier molecular flexibility index (Phi) is 3.96. The minimum absolute atomic E-state index is 0.674. The van der Waals surface area contributed by atoms with Crippen LogP contribution in [0.15, 0.2) is 36.9 Å². The van der Waals surface area contributed by atoms with E-state index in [1.807, 2.05) is 18.2 Å². The lowest BCUT2D eigenvalue weighted by Crippen LogP contribution is -2.01. The molecule has 1 N–H and O–H groups in total. The number of hydrogen-bond donors (Lipinski definition) is 1. The van der Waals surface area contributed by atoms with Crippen molar-refractivity contribution in [3.8, 4) is 11.5 Å². The molecule has 0 aliphatic heterocycles. The smallest absolute Gasteiger partial charge is 0.161 e. The normalized spacial score (nSPS) is 9.89. The monoisotopic (exact) mass is 245 g/mol. The first-order valence-corrected chi connectivity index (χ1v) is 5.53. The molecule has 5 nitrogen and oxygen atoms in total. The van der Waals surface area contributed by atoms with Gasteiger partial charge in [-0.25, -0.2) is 9.97 Å². The molecule has 0 aliphatic carbocycles. The highest BCUT2D eigenvalue weighted by atomic mass is 16.5. The van der Waals surface area contributed by atoms with Crippen LogP contribution in [-0.4, -0.2) is 24.2 Å². The van der Waals surface area contributed by atoms with Gasteiger partial charge < -0.3 is 14.8 Å². The number of nitrogens with zero attached hydrogens (tertiary/aromatic N) is 2. The van der Waals surface area contributed by atoms with Crippen molar-refractivity contribution >= 4 is 5.69 Å². The van der Waals surface area contributed by atoms with Crippen LogP contribution >= 0.6 is 0 Å². The van der Waals surface area contributed by atoms with E-state index in [0.717, 1.165) is 22.7 Å². The molecule has 0 spiro atoms. The summed E-state index contributed by atoms with van der Waals surface area (Å²) >= 11 is 0. The Balaban J connectivity index is 2.06. The van der Waals surface area contributed by atoms with Crippen LogP contribution in [0.25, 0.3) is 0 Å². The van der Waals surface area contributed by atoms with E-state index in [1.165, 1.54) is 6.33 Å². The fraction of sp³-hybridized carbons (Fsp3) is 0.231. The van der Waals surface area contributed by atoms with Crippen LogP contribution in [0.2, 0.25) is 0 Å². The molecule has 1 aromatic carbocycles. The second-order valence-electron chi connectivity index (χ2n) is 3.67. The average Bonchev–Trinajstić information content (AvgIpc) is 2.45. The van der Waals surface area contributed by atoms with Gasteiger partial charge in [0.25, 0.3) is 0 Å². The molecular weight excluding hydrogens is 230 g/mol. The molecule has 0 saturated heterocycles. The number of ether oxygens (including phenoxy) is 2. The maximum absolute atomic E-state index is 5.25. The van der Waals surface area contributed by atoms with Crippen molar-refractivity contribution in [2.75, 3.05) is 19.5 Å². The first-order valence-electron chi connectivity index (χ1n) is 5.53. The highest BCUT2D eigenvalue weighted by molar-refractivity contribution is 5.45. The first-order chi connectivity index (χ1) is 8.83. The molecule has 0 aliphatic rings. The van der Waals surface area contributed by atoms with Gasteiger partial charge in [-0.3, -0.25) is 0 Å². The fourth-order valence-electron chi connectivity index (χ4n) is 1.59. The standard InChI is InChI=1S/C13H15N3O2/c1-17-12-4-3-10(5-13(12)18-2)6-16-11-7-14-9-15-8-11/h3-5,7-9,16H,6H2,1-2H3. The predicted molar refractivity (Wildman–Crippen MR) is 68.9 cm³/mol. The van der Waals surface area contributed by atoms with Crippen LogP contribution in [0.3, 0.4) is 0 Å². The number of rotatable bonds is 5. The second-order valence-corrected chi connectivity index (χ2v) is 3.67. The van der Waals surface area contributed by atoms with E-state index in [1.54, 1.807) is 26.6 Å². The van der Waals surface area contributed by atoms with E-state index >= 15 is 0 Å². The lowest BCUT2D eigenvalue weighted by atomic mass is 10.2. The Labute approximate surface area is 106 Å². The van der Waals surface area contributed by atoms with Crippen molar-refractivity contribution in [1.29, 1.82) is 0 Å². The second kappa shape index (κ2) is 5.86. The molecule has 0 bridgehead atoms. The number of benzene rings is 1. The van der Waals surface area contributed by atoms with Crippen LogP contribution in [0, 0.1) is 0 Å². The zero-order chi connectivity index (χ0) is 12.8. The molecule has 0 fully saturated rings. The van der Waals surface area contributed by atoms with Crippen LogP contribution in [-0.2, 0) is 6.54 Å². The quantitative estimate of drug-likeness (QED) is 0.874. The van der Waals surface area contributed by atoms with Gasteiger partial charge in [0.05, 0.1) is 32.3 Å². The van der Waals surface area contributed by atoms with Crippen molar-refractivity contribution in [3.05, 3.63) is 42.5 Å². The third-order valence-corrected chi connectivity index (χ3v) is 2.51. The first kappa shape index (κ1) is 12.2. The molecule has 2 rings (SSSR count). The Hall–Kier alpha value is -2.30. The van der Waals surface area contributed by atoms with Gasteiger partial charge in [0.1, 0.15) is 6.33 Å². The lowest BCUT2D eigenvalue weighted by molar-refractivity contribution is 0.354. The van der Waals surface area contributed by atoms with E-state index in [9.17, 15) is 0 Å². The molecule has 94 valence electrons. The van der Waals surface area contributed by atoms with Crippen molar-refractivity contribution in [2.24, 2.45) is 0 Å². The van der Waals surface area contributed by atoms with Gasteiger partial charge >= 0.3 is 0 Å². The van der Waals surface area contributed by atoms with Gasteiger partial charge in [-0.15, -0.1) is 0 Å². The molecule has 2 aromatic rings. The summed E-state index contributed by atoms with van der Waals surface area (Å²) in [5, 5.41) is 3.23. The summed E-state index contributed by atoms with van der Waals surface area (Å²) in [6, 6.07) is 5.81. The Morgan fingerprint density at radius 2 is 1.78 bits per heavy atom. The summed E-state index contributed by atoms with van der Waals surface area (Å²) in [6.45, 7) is 0.674. The minimum Gasteiger partial charge on any atom is -0.493 e. The Morgan fingerprint density at radius 3 is 2.44 bits per heavy atom. The molecule has 0 radical (unpaired) electrons. The van der Waals surface area contributed by atoms with Gasteiger partial charge in [-0.1, -0.05) is 6.07 Å². The molecular formula is C13H15N3O2. The van der Waals surface area contributed by atoms with Gasteiger partial charge in [0, 0.05) is 6.54 Å². The third kappa shape index (κ3) is 2.88. The topological polar surface area (TPSA) is 56.3 Å². The largest absolute Gasteiger partial charge is 0.493 e. The van der Waals surface area contributed by atoms with Gasteiger partial charge in [0.15, 0.2) is 11.5 Å². The number of hydrogen-bond acceptors (Lipinski definition) is 5. The third-order valence-electron chi connectivity index (χ3n) is 2.51. The highest BCUT2D eigenvalue weighted by Crippen LogP contribution is 2.27. The van der Waals surface area contributed by atoms with Crippen LogP contribution in [0.1, 0.15) is 5.56 Å². The van der Waals surface area contributed by atoms with Crippen molar-refractivity contribution < 1.29 is 9.47 Å². The number of aromatic nitrogens is 2. The number of nitrogens with one attached hydrogen (secondary N) is 1. The van der Waals surface area contributed by atoms with Gasteiger partial charge in [0.2, 0.25) is 0 Å². The fourth-order valence-corrected chi connectivity index (χ4v) is 1.59. The zero-order valence-corrected chi connectivity index (χ0v) is 10.4. The Morgan fingerprint density at radius 1 is 1.06 bits per heavy atom. The highest BCUT2D eigenvalue weighted by Gasteiger charge is 2.04. The summed E-state index contributed by atoms with van der Waals surface area (Å²) in [7, 11) is 3.25. The lowest BCUT2D eigenvalue weighted by Gasteiger charge is -2.10. The molecule has 0 amide bonds. The Bertz CT molecular complexity index is 503. The maximum Gasteiger partial charge on any atom is 0.161 e. The molecule has 1 aromatic heterocycles. The summed E-state index contributed by atoms with van der Waals surface area (Å²) in [4.78, 5) is 7.88. The summed E-state index contributed by atoms with van der Waals surface area (Å²) in [5.41, 5.74) is 1.98. The molecule has 0 atom stereocenters. The molecule has 0 saturated carbocycles. The van der Waals surface area contributed by atoms with E-state index in [0.29, 0.717) is 6.54 Å². The van der Waals surface area contributed by atoms with E-state index in [-0.39, 0.29) is 0 Å². The SMILES string of the molecule is COc1ccc(CNc2cncnc2)cc1OC. The number of anilines is 1.